The number of nitrogens with one attached hydrogen (secondary N) is 1. The van der Waals surface area contributed by atoms with E-state index in [0.717, 1.165) is 11.3 Å². The van der Waals surface area contributed by atoms with Crippen LogP contribution in [0.2, 0.25) is 0 Å². The molecule has 0 saturated heterocycles. The van der Waals surface area contributed by atoms with E-state index in [1.807, 2.05) is 24.3 Å². The van der Waals surface area contributed by atoms with Crippen LogP contribution in [-0.2, 0) is 32.0 Å². The van der Waals surface area contributed by atoms with E-state index in [1.165, 1.54) is 0 Å². The summed E-state index contributed by atoms with van der Waals surface area (Å²) in [7, 11) is 0. The number of hydrogen-bond donors (Lipinski definition) is 4. The van der Waals surface area contributed by atoms with Crippen LogP contribution in [-0.4, -0.2) is 78.5 Å². The summed E-state index contributed by atoms with van der Waals surface area (Å²) in [4.78, 5) is 45.7. The van der Waals surface area contributed by atoms with Gasteiger partial charge >= 0.3 is 11.9 Å². The first-order valence-corrected chi connectivity index (χ1v) is 11.5. The first-order chi connectivity index (χ1) is 17.2. The molecule has 0 aliphatic rings. The average molecular weight is 508 g/mol. The minimum Gasteiger partial charge on any atom is -0.481 e. The third-order valence-electron chi connectivity index (χ3n) is 5.28. The van der Waals surface area contributed by atoms with Gasteiger partial charge in [-0.2, -0.15) is 0 Å². The van der Waals surface area contributed by atoms with Gasteiger partial charge in [-0.1, -0.05) is 17.3 Å². The predicted octanol–water partition coefficient (Wildman–Crippen LogP) is 1.53. The Morgan fingerprint density at radius 3 is 2.39 bits per heavy atom. The van der Waals surface area contributed by atoms with E-state index in [0.29, 0.717) is 36.4 Å². The van der Waals surface area contributed by atoms with E-state index in [9.17, 15) is 28.8 Å². The lowest BCUT2D eigenvalue weighted by Gasteiger charge is -2.17. The van der Waals surface area contributed by atoms with E-state index >= 15 is 0 Å². The normalized spacial score (nSPS) is 11.6. The number of carbonyl (C=O) groups excluding carboxylic acids is 2. The maximum absolute atomic E-state index is 12.3. The van der Waals surface area contributed by atoms with Crippen molar-refractivity contribution in [1.29, 1.82) is 0 Å². The van der Waals surface area contributed by atoms with E-state index in [2.05, 4.69) is 15.6 Å². The zero-order valence-electron chi connectivity index (χ0n) is 19.7. The van der Waals surface area contributed by atoms with Crippen LogP contribution in [0.4, 0.5) is 4.39 Å². The van der Waals surface area contributed by atoms with Crippen molar-refractivity contribution in [2.45, 2.75) is 57.4 Å². The first-order valence-electron chi connectivity index (χ1n) is 11.5. The van der Waals surface area contributed by atoms with Crippen molar-refractivity contribution in [1.82, 2.24) is 25.4 Å². The second kappa shape index (κ2) is 14.5. The molecule has 2 rings (SSSR count). The quantitative estimate of drug-likeness (QED) is 0.194. The Bertz CT molecular complexity index is 1030. The second-order valence-corrected chi connectivity index (χ2v) is 8.12. The van der Waals surface area contributed by atoms with E-state index < -0.39 is 42.9 Å². The molecule has 0 aliphatic heterocycles. The third kappa shape index (κ3) is 9.78. The van der Waals surface area contributed by atoms with Gasteiger partial charge in [0.05, 0.1) is 30.8 Å². The van der Waals surface area contributed by atoms with Crippen molar-refractivity contribution >= 4 is 23.8 Å². The fraction of sp³-hybridized carbons (Fsp3) is 0.478. The number of amides is 2. The summed E-state index contributed by atoms with van der Waals surface area (Å²) < 4.78 is 13.9. The molecule has 0 fully saturated rings. The van der Waals surface area contributed by atoms with Gasteiger partial charge in [-0.25, -0.2) is 14.5 Å². The number of halogens is 1. The summed E-state index contributed by atoms with van der Waals surface area (Å²) in [5, 5.41) is 38.2. The Balaban J connectivity index is 1.72. The molecule has 1 atom stereocenters. The van der Waals surface area contributed by atoms with Crippen LogP contribution in [0.3, 0.4) is 0 Å². The molecule has 1 heterocycles. The Kier molecular flexibility index (Phi) is 11.4. The lowest BCUT2D eigenvalue weighted by molar-refractivity contribution is -0.166. The summed E-state index contributed by atoms with van der Waals surface area (Å²) in [5.74, 6) is -3.85. The number of carbonyl (C=O) groups is 4. The molecule has 4 N–H and O–H groups in total. The highest BCUT2D eigenvalue weighted by atomic mass is 19.1. The summed E-state index contributed by atoms with van der Waals surface area (Å²) >= 11 is 0. The van der Waals surface area contributed by atoms with E-state index in [-0.39, 0.29) is 25.8 Å². The van der Waals surface area contributed by atoms with Gasteiger partial charge in [-0.3, -0.25) is 24.0 Å². The zero-order valence-corrected chi connectivity index (χ0v) is 19.7. The van der Waals surface area contributed by atoms with Gasteiger partial charge < -0.3 is 15.5 Å². The van der Waals surface area contributed by atoms with Crippen LogP contribution in [0, 0.1) is 0 Å². The summed E-state index contributed by atoms with van der Waals surface area (Å²) in [5.41, 5.74) is 2.47. The average Bonchev–Trinajstić information content (AvgIpc) is 3.32. The number of hydrogen-bond acceptors (Lipinski definition) is 7. The molecule has 2 amide bonds. The number of aryl methyl sites for hydroxylation is 2. The van der Waals surface area contributed by atoms with Gasteiger partial charge in [0.1, 0.15) is 6.04 Å². The molecule has 36 heavy (non-hydrogen) atoms. The van der Waals surface area contributed by atoms with Crippen LogP contribution in [0.25, 0.3) is 5.69 Å². The number of hydroxylamine groups is 2. The SMILES string of the molecule is O=C(O)CC[C@H](NC(=O)CCN(O)C(=O)CCCc1ccc(-n2cc(CCCF)nn2)cc1)C(=O)O. The molecule has 0 spiro atoms. The Labute approximate surface area is 206 Å². The van der Waals surface area contributed by atoms with Crippen molar-refractivity contribution < 1.29 is 39.0 Å². The second-order valence-electron chi connectivity index (χ2n) is 8.12. The van der Waals surface area contributed by atoms with Crippen molar-refractivity contribution in [2.24, 2.45) is 0 Å². The van der Waals surface area contributed by atoms with Gasteiger partial charge in [-0.15, -0.1) is 5.10 Å². The smallest absolute Gasteiger partial charge is 0.326 e. The summed E-state index contributed by atoms with van der Waals surface area (Å²) in [6.07, 6.45) is 2.69. The van der Waals surface area contributed by atoms with Gasteiger partial charge in [0.25, 0.3) is 0 Å². The van der Waals surface area contributed by atoms with Crippen LogP contribution >= 0.6 is 0 Å². The van der Waals surface area contributed by atoms with Crippen molar-refractivity contribution in [3.05, 3.63) is 41.7 Å². The summed E-state index contributed by atoms with van der Waals surface area (Å²) in [6.45, 7) is -0.729. The number of carboxylic acid groups (broad SMARTS) is 2. The highest BCUT2D eigenvalue weighted by Gasteiger charge is 2.21. The van der Waals surface area contributed by atoms with Crippen molar-refractivity contribution in [3.8, 4) is 5.69 Å². The minimum atomic E-state index is -1.37. The maximum atomic E-state index is 12.3. The van der Waals surface area contributed by atoms with Gasteiger partial charge in [0, 0.05) is 19.3 Å². The minimum absolute atomic E-state index is 0.0389. The molecular formula is C23H30FN5O7. The number of aliphatic carboxylic acids is 2. The number of nitrogens with zero attached hydrogens (tertiary/aromatic N) is 4. The molecule has 196 valence electrons. The highest BCUT2D eigenvalue weighted by molar-refractivity contribution is 5.84. The summed E-state index contributed by atoms with van der Waals surface area (Å²) in [6, 6.07) is 6.10. The molecule has 0 radical (unpaired) electrons. The standard InChI is InChI=1S/C23H30FN5O7/c24-13-2-4-17-15-28(27-26-17)18-8-6-16(7-9-18)3-1-5-21(31)29(36)14-12-20(30)25-19(23(34)35)10-11-22(32)33/h6-9,15,19,36H,1-5,10-14H2,(H,25,30)(H,32,33)(H,34,35)/t19-/m0/s1. The maximum Gasteiger partial charge on any atom is 0.326 e. The van der Waals surface area contributed by atoms with Crippen molar-refractivity contribution in [3.63, 3.8) is 0 Å². The molecule has 1 aromatic carbocycles. The number of carboxylic acids is 2. The molecule has 13 heteroatoms. The molecule has 2 aromatic rings. The van der Waals surface area contributed by atoms with Crippen LogP contribution in [0.15, 0.2) is 30.5 Å². The lowest BCUT2D eigenvalue weighted by Crippen LogP contribution is -2.42. The molecule has 0 bridgehead atoms. The van der Waals surface area contributed by atoms with Crippen LogP contribution in [0.5, 0.6) is 0 Å². The first kappa shape index (κ1) is 28.4. The largest absolute Gasteiger partial charge is 0.481 e. The number of aromatic nitrogens is 3. The molecule has 0 unspecified atom stereocenters. The monoisotopic (exact) mass is 507 g/mol. The Morgan fingerprint density at radius 2 is 1.75 bits per heavy atom. The van der Waals surface area contributed by atoms with Gasteiger partial charge in [0.2, 0.25) is 11.8 Å². The lowest BCUT2D eigenvalue weighted by atomic mass is 10.1. The van der Waals surface area contributed by atoms with Crippen molar-refractivity contribution in [2.75, 3.05) is 13.2 Å². The Hall–Kier alpha value is -3.87. The molecule has 12 nitrogen and oxygen atoms in total. The predicted molar refractivity (Wildman–Crippen MR) is 123 cm³/mol. The Morgan fingerprint density at radius 1 is 1.03 bits per heavy atom. The highest BCUT2D eigenvalue weighted by Crippen LogP contribution is 2.12. The third-order valence-corrected chi connectivity index (χ3v) is 5.28. The molecule has 1 aromatic heterocycles. The number of benzene rings is 1. The zero-order chi connectivity index (χ0) is 26.5. The molecule has 0 aliphatic carbocycles. The van der Waals surface area contributed by atoms with E-state index in [4.69, 9.17) is 10.2 Å². The number of alkyl halides is 1. The molecular weight excluding hydrogens is 477 g/mol. The van der Waals surface area contributed by atoms with E-state index in [1.54, 1.807) is 10.9 Å². The topological polar surface area (TPSA) is 175 Å². The van der Waals surface area contributed by atoms with Gasteiger partial charge in [-0.05, 0) is 49.8 Å². The number of rotatable bonds is 16. The van der Waals surface area contributed by atoms with Gasteiger partial charge in [0.15, 0.2) is 0 Å². The van der Waals surface area contributed by atoms with Crippen LogP contribution < -0.4 is 5.32 Å². The fourth-order valence-corrected chi connectivity index (χ4v) is 3.30. The molecule has 0 saturated carbocycles. The van der Waals surface area contributed by atoms with Crippen LogP contribution in [0.1, 0.15) is 49.8 Å². The fourth-order valence-electron chi connectivity index (χ4n) is 3.30.